The van der Waals surface area contributed by atoms with Crippen LogP contribution in [0.4, 0.5) is 5.82 Å². The topological polar surface area (TPSA) is 98.9 Å². The lowest BCUT2D eigenvalue weighted by Crippen LogP contribution is -2.01. The number of anilines is 1. The molecule has 7 nitrogen and oxygen atoms in total. The van der Waals surface area contributed by atoms with Gasteiger partial charge in [-0.15, -0.1) is 5.10 Å². The normalized spacial score (nSPS) is 11.3. The number of nitrogens with one attached hydrogen (secondary N) is 1. The van der Waals surface area contributed by atoms with Crippen molar-refractivity contribution in [3.05, 3.63) is 71.5 Å². The second-order valence-corrected chi connectivity index (χ2v) is 6.39. The van der Waals surface area contributed by atoms with Crippen molar-refractivity contribution in [2.24, 2.45) is 0 Å². The Morgan fingerprint density at radius 2 is 2.11 bits per heavy atom. The first-order valence-electron chi connectivity index (χ1n) is 8.77. The van der Waals surface area contributed by atoms with Crippen molar-refractivity contribution in [1.82, 2.24) is 20.4 Å². The smallest absolute Gasteiger partial charge is 0.181 e. The zero-order chi connectivity index (χ0) is 20.1. The number of allylic oxidation sites excluding steroid dienone is 4. The first-order valence-corrected chi connectivity index (χ1v) is 8.77. The molecule has 0 spiro atoms. The number of aromatic amines is 1. The van der Waals surface area contributed by atoms with Crippen molar-refractivity contribution in [2.75, 3.05) is 12.8 Å². The Kier molecular flexibility index (Phi) is 5.74. The summed E-state index contributed by atoms with van der Waals surface area (Å²) >= 11 is 0. The highest BCUT2D eigenvalue weighted by atomic mass is 16.5. The van der Waals surface area contributed by atoms with Gasteiger partial charge in [-0.05, 0) is 37.1 Å². The van der Waals surface area contributed by atoms with E-state index < -0.39 is 0 Å². The van der Waals surface area contributed by atoms with Gasteiger partial charge in [0.05, 0.1) is 7.11 Å². The van der Waals surface area contributed by atoms with Crippen LogP contribution < -0.4 is 10.5 Å². The zero-order valence-electron chi connectivity index (χ0n) is 16.2. The number of nitrogens with zero attached hydrogens (tertiary/aromatic N) is 3. The van der Waals surface area contributed by atoms with Crippen LogP contribution in [0.15, 0.2) is 60.4 Å². The average Bonchev–Trinajstić information content (AvgIpc) is 3.14. The standard InChI is InChI=1S/C21H23N5O2/c1-5-7-16(27-4)19(13(2)3)15-9-6-8-14(10-15)12-28-17-11-18(22)23-21-20(17)24-26-25-21/h5-11H,1,12H2,2-4H3,(H3,22,23,24,25,26)/b16-7+. The molecule has 3 aromatic rings. The maximum atomic E-state index is 5.95. The van der Waals surface area contributed by atoms with Gasteiger partial charge in [-0.2, -0.15) is 0 Å². The van der Waals surface area contributed by atoms with E-state index in [2.05, 4.69) is 46.9 Å². The molecular formula is C21H23N5O2. The quantitative estimate of drug-likeness (QED) is 0.476. The van der Waals surface area contributed by atoms with Crippen molar-refractivity contribution >= 4 is 22.6 Å². The van der Waals surface area contributed by atoms with Crippen molar-refractivity contribution in [3.63, 3.8) is 0 Å². The average molecular weight is 377 g/mol. The lowest BCUT2D eigenvalue weighted by Gasteiger charge is -2.15. The number of nitrogens with two attached hydrogens (primary N) is 1. The summed E-state index contributed by atoms with van der Waals surface area (Å²) in [6.07, 6.45) is 3.57. The molecule has 0 saturated carbocycles. The lowest BCUT2D eigenvalue weighted by molar-refractivity contribution is 0.308. The van der Waals surface area contributed by atoms with E-state index in [-0.39, 0.29) is 0 Å². The molecule has 7 heteroatoms. The van der Waals surface area contributed by atoms with E-state index in [1.165, 1.54) is 0 Å². The molecule has 144 valence electrons. The predicted octanol–water partition coefficient (Wildman–Crippen LogP) is 4.02. The second kappa shape index (κ2) is 8.39. The molecule has 0 aliphatic rings. The first kappa shape index (κ1) is 19.2. The summed E-state index contributed by atoms with van der Waals surface area (Å²) < 4.78 is 11.5. The van der Waals surface area contributed by atoms with Gasteiger partial charge in [0, 0.05) is 11.6 Å². The fraction of sp³-hybridized carbons (Fsp3) is 0.190. The molecule has 2 heterocycles. The molecule has 3 N–H and O–H groups in total. The van der Waals surface area contributed by atoms with E-state index in [9.17, 15) is 0 Å². The highest BCUT2D eigenvalue weighted by Crippen LogP contribution is 2.29. The van der Waals surface area contributed by atoms with Crippen LogP contribution in [0.25, 0.3) is 16.7 Å². The van der Waals surface area contributed by atoms with Gasteiger partial charge in [-0.1, -0.05) is 41.6 Å². The third kappa shape index (κ3) is 4.03. The molecule has 0 radical (unpaired) electrons. The molecule has 1 aromatic carbocycles. The van der Waals surface area contributed by atoms with Crippen LogP contribution in [-0.4, -0.2) is 27.5 Å². The Bertz CT molecular complexity index is 1060. The molecule has 0 aliphatic heterocycles. The summed E-state index contributed by atoms with van der Waals surface area (Å²) in [5, 5.41) is 10.5. The minimum atomic E-state index is 0.341. The van der Waals surface area contributed by atoms with Crippen LogP contribution in [-0.2, 0) is 11.3 Å². The largest absolute Gasteiger partial charge is 0.496 e. The van der Waals surface area contributed by atoms with Gasteiger partial charge in [0.25, 0.3) is 0 Å². The number of benzene rings is 1. The van der Waals surface area contributed by atoms with Crippen LogP contribution in [0.1, 0.15) is 25.0 Å². The van der Waals surface area contributed by atoms with E-state index in [1.54, 1.807) is 19.3 Å². The minimum Gasteiger partial charge on any atom is -0.496 e. The van der Waals surface area contributed by atoms with Crippen molar-refractivity contribution in [2.45, 2.75) is 20.5 Å². The Morgan fingerprint density at radius 1 is 1.29 bits per heavy atom. The van der Waals surface area contributed by atoms with E-state index in [0.717, 1.165) is 28.0 Å². The third-order valence-corrected chi connectivity index (χ3v) is 4.13. The molecule has 28 heavy (non-hydrogen) atoms. The lowest BCUT2D eigenvalue weighted by atomic mass is 9.97. The third-order valence-electron chi connectivity index (χ3n) is 4.13. The maximum absolute atomic E-state index is 5.95. The number of pyridine rings is 1. The number of hydrogen-bond donors (Lipinski definition) is 2. The van der Waals surface area contributed by atoms with Crippen molar-refractivity contribution in [3.8, 4) is 5.75 Å². The summed E-state index contributed by atoms with van der Waals surface area (Å²) in [6.45, 7) is 8.22. The van der Waals surface area contributed by atoms with Gasteiger partial charge in [0.15, 0.2) is 16.9 Å². The minimum absolute atomic E-state index is 0.341. The van der Waals surface area contributed by atoms with Crippen molar-refractivity contribution in [1.29, 1.82) is 0 Å². The number of ether oxygens (including phenoxy) is 2. The molecule has 0 bridgehead atoms. The molecule has 0 amide bonds. The number of aromatic nitrogens is 4. The van der Waals surface area contributed by atoms with Crippen LogP contribution in [0.3, 0.4) is 0 Å². The van der Waals surface area contributed by atoms with E-state index in [4.69, 9.17) is 15.2 Å². The van der Waals surface area contributed by atoms with Gasteiger partial charge in [-0.25, -0.2) is 10.1 Å². The fourth-order valence-electron chi connectivity index (χ4n) is 2.96. The number of fused-ring (bicyclic) bond motifs is 1. The summed E-state index contributed by atoms with van der Waals surface area (Å²) in [5.41, 5.74) is 11.1. The number of H-pyrrole nitrogens is 1. The Labute approximate surface area is 163 Å². The van der Waals surface area contributed by atoms with Crippen LogP contribution in [0.5, 0.6) is 5.75 Å². The van der Waals surface area contributed by atoms with E-state index in [1.807, 2.05) is 24.3 Å². The highest BCUT2D eigenvalue weighted by Gasteiger charge is 2.12. The molecule has 0 saturated heterocycles. The van der Waals surface area contributed by atoms with Gasteiger partial charge < -0.3 is 15.2 Å². The Hall–Kier alpha value is -3.61. The van der Waals surface area contributed by atoms with Crippen molar-refractivity contribution < 1.29 is 9.47 Å². The number of rotatable bonds is 7. The van der Waals surface area contributed by atoms with Gasteiger partial charge in [0.1, 0.15) is 18.2 Å². The number of methoxy groups -OCH3 is 1. The van der Waals surface area contributed by atoms with Crippen LogP contribution in [0.2, 0.25) is 0 Å². The van der Waals surface area contributed by atoms with Gasteiger partial charge >= 0.3 is 0 Å². The van der Waals surface area contributed by atoms with Crippen LogP contribution >= 0.6 is 0 Å². The molecule has 3 rings (SSSR count). The first-order chi connectivity index (χ1) is 13.5. The maximum Gasteiger partial charge on any atom is 0.181 e. The predicted molar refractivity (Wildman–Crippen MR) is 110 cm³/mol. The summed E-state index contributed by atoms with van der Waals surface area (Å²) in [6, 6.07) is 9.75. The monoisotopic (exact) mass is 377 g/mol. The fourth-order valence-corrected chi connectivity index (χ4v) is 2.96. The summed E-state index contributed by atoms with van der Waals surface area (Å²) in [4.78, 5) is 4.14. The summed E-state index contributed by atoms with van der Waals surface area (Å²) in [7, 11) is 1.66. The van der Waals surface area contributed by atoms with Gasteiger partial charge in [0.2, 0.25) is 0 Å². The Balaban J connectivity index is 1.89. The summed E-state index contributed by atoms with van der Waals surface area (Å²) in [5.74, 6) is 1.64. The second-order valence-electron chi connectivity index (χ2n) is 6.39. The Morgan fingerprint density at radius 3 is 2.82 bits per heavy atom. The molecule has 0 atom stereocenters. The van der Waals surface area contributed by atoms with E-state index >= 15 is 0 Å². The molecular weight excluding hydrogens is 354 g/mol. The SMILES string of the molecule is C=C/C=C(/OC)C(=C(C)C)c1cccc(COc2cc(N)nc3[nH]nnc23)c1. The molecule has 2 aromatic heterocycles. The van der Waals surface area contributed by atoms with Crippen LogP contribution in [0, 0.1) is 0 Å². The number of hydrogen-bond acceptors (Lipinski definition) is 6. The molecule has 0 fully saturated rings. The molecule has 0 unspecified atom stereocenters. The van der Waals surface area contributed by atoms with Gasteiger partial charge in [-0.3, -0.25) is 0 Å². The number of nitrogen functional groups attached to an aromatic ring is 1. The highest BCUT2D eigenvalue weighted by molar-refractivity contribution is 5.80. The van der Waals surface area contributed by atoms with E-state index in [0.29, 0.717) is 29.3 Å². The molecule has 0 aliphatic carbocycles. The zero-order valence-corrected chi connectivity index (χ0v) is 16.2.